The van der Waals surface area contributed by atoms with Gasteiger partial charge in [0.25, 0.3) is 0 Å². The van der Waals surface area contributed by atoms with Crippen LogP contribution in [0.4, 0.5) is 33.2 Å². The zero-order valence-corrected chi connectivity index (χ0v) is 33.2. The van der Waals surface area contributed by atoms with Crippen molar-refractivity contribution in [2.45, 2.75) is 44.2 Å². The van der Waals surface area contributed by atoms with Crippen molar-refractivity contribution in [2.75, 3.05) is 75.7 Å². The molecule has 4 aromatic rings. The minimum absolute atomic E-state index is 0.286. The molecule has 4 heterocycles. The number of rotatable bonds is 12. The highest BCUT2D eigenvalue weighted by atomic mass is 79.9. The molecule has 7 rings (SSSR count). The fourth-order valence-electron chi connectivity index (χ4n) is 7.71. The summed E-state index contributed by atoms with van der Waals surface area (Å²) in [5.74, 6) is 1.39. The molecule has 12 nitrogen and oxygen atoms in total. The van der Waals surface area contributed by atoms with Gasteiger partial charge in [0, 0.05) is 80.6 Å². The summed E-state index contributed by atoms with van der Waals surface area (Å²) in [4.78, 5) is 23.0. The lowest BCUT2D eigenvalue weighted by molar-refractivity contribution is 0.0606. The predicted octanol–water partition coefficient (Wildman–Crippen LogP) is 7.32. The number of allylic oxidation sites excluding steroid dienone is 1. The van der Waals surface area contributed by atoms with Gasteiger partial charge in [-0.05, 0) is 104 Å². The largest absolute Gasteiger partial charge is 0.494 e. The van der Waals surface area contributed by atoms with Crippen LogP contribution in [0, 0.1) is 10.8 Å². The summed E-state index contributed by atoms with van der Waals surface area (Å²) in [7, 11) is 0.671. The van der Waals surface area contributed by atoms with Gasteiger partial charge in [-0.1, -0.05) is 0 Å². The van der Waals surface area contributed by atoms with Crippen molar-refractivity contribution >= 4 is 80.0 Å². The van der Waals surface area contributed by atoms with Crippen LogP contribution in [0.5, 0.6) is 5.75 Å². The van der Waals surface area contributed by atoms with Gasteiger partial charge < -0.3 is 40.5 Å². The molecular formula is C38H47BrFN10O2P. The number of ether oxygens (including phenoxy) is 1. The zero-order valence-electron chi connectivity index (χ0n) is 30.7. The standard InChI is InChI=1S/C38H47BrFN10O2P/c1-42-22-25(21-41)26-19-30(32(52-2)20-31(26)50-17-11-37(12-18-50)9-15-49(16-10-37)24-38(40)7-8-38)47-36-45-23-27(39)35(48-36)46-29-6-5-28-33(44-14-13-43-28)34(29)53(3,4)51/h5-6,13-14,19-23,41-42H,7-12,15-18,24H2,1-4H3,(H2,45,46,47,48)/b25-22+,41-21?. The van der Waals surface area contributed by atoms with Crippen molar-refractivity contribution in [1.29, 1.82) is 5.41 Å². The van der Waals surface area contributed by atoms with Crippen LogP contribution in [0.25, 0.3) is 16.6 Å². The quantitative estimate of drug-likeness (QED) is 0.0845. The molecule has 53 heavy (non-hydrogen) atoms. The molecule has 15 heteroatoms. The molecule has 2 saturated heterocycles. The first-order valence-electron chi connectivity index (χ1n) is 18.1. The summed E-state index contributed by atoms with van der Waals surface area (Å²) in [6, 6.07) is 7.70. The predicted molar refractivity (Wildman–Crippen MR) is 216 cm³/mol. The van der Waals surface area contributed by atoms with Crippen LogP contribution in [0.3, 0.4) is 0 Å². The van der Waals surface area contributed by atoms with Crippen LogP contribution in [0.2, 0.25) is 0 Å². The Hall–Kier alpha value is -4.13. The number of piperidine rings is 2. The van der Waals surface area contributed by atoms with E-state index in [9.17, 15) is 8.96 Å². The second kappa shape index (κ2) is 14.9. The molecule has 0 radical (unpaired) electrons. The third kappa shape index (κ3) is 8.05. The van der Waals surface area contributed by atoms with Gasteiger partial charge in [0.05, 0.1) is 33.8 Å². The molecule has 2 aromatic heterocycles. The minimum atomic E-state index is -2.79. The third-order valence-corrected chi connectivity index (χ3v) is 13.0. The number of anilines is 5. The lowest BCUT2D eigenvalue weighted by atomic mass is 9.71. The maximum atomic E-state index is 14.5. The molecule has 3 fully saturated rings. The number of nitrogens with one attached hydrogen (secondary N) is 4. The number of likely N-dealkylation sites (tertiary alicyclic amines) is 1. The summed E-state index contributed by atoms with van der Waals surface area (Å²) < 4.78 is 34.5. The average molecular weight is 806 g/mol. The Morgan fingerprint density at radius 2 is 1.74 bits per heavy atom. The van der Waals surface area contributed by atoms with E-state index in [0.717, 1.165) is 68.7 Å². The first-order valence-corrected chi connectivity index (χ1v) is 21.4. The Labute approximate surface area is 318 Å². The lowest BCUT2D eigenvalue weighted by Crippen LogP contribution is -2.48. The summed E-state index contributed by atoms with van der Waals surface area (Å²) in [5, 5.41) is 18.7. The fraction of sp³-hybridized carbons (Fsp3) is 0.447. The van der Waals surface area contributed by atoms with Crippen LogP contribution >= 0.6 is 23.1 Å². The Bertz CT molecular complexity index is 2090. The second-order valence-corrected chi connectivity index (χ2v) is 18.9. The van der Waals surface area contributed by atoms with Gasteiger partial charge in [-0.15, -0.1) is 0 Å². The van der Waals surface area contributed by atoms with Gasteiger partial charge >= 0.3 is 0 Å². The molecule has 0 bridgehead atoms. The number of methoxy groups -OCH3 is 1. The smallest absolute Gasteiger partial charge is 0.229 e. The average Bonchev–Trinajstić information content (AvgIpc) is 3.88. The van der Waals surface area contributed by atoms with Crippen LogP contribution in [0.1, 0.15) is 44.1 Å². The number of hydrogen-bond acceptors (Lipinski definition) is 12. The normalized spacial score (nSPS) is 18.5. The topological polar surface area (TPSA) is 144 Å². The highest BCUT2D eigenvalue weighted by molar-refractivity contribution is 9.10. The number of alkyl halides is 1. The molecule has 0 atom stereocenters. The first kappa shape index (κ1) is 37.2. The van der Waals surface area contributed by atoms with Crippen LogP contribution in [-0.2, 0) is 4.57 Å². The van der Waals surface area contributed by atoms with E-state index in [1.807, 2.05) is 37.5 Å². The van der Waals surface area contributed by atoms with E-state index in [1.165, 1.54) is 6.21 Å². The van der Waals surface area contributed by atoms with E-state index in [-0.39, 0.29) is 5.41 Å². The lowest BCUT2D eigenvalue weighted by Gasteiger charge is -2.48. The molecule has 280 valence electrons. The van der Waals surface area contributed by atoms with Gasteiger partial charge in [-0.3, -0.25) is 9.97 Å². The third-order valence-electron chi connectivity index (χ3n) is 10.9. The van der Waals surface area contributed by atoms with Gasteiger partial charge in [0.2, 0.25) is 5.95 Å². The van der Waals surface area contributed by atoms with Crippen molar-refractivity contribution in [3.63, 3.8) is 0 Å². The van der Waals surface area contributed by atoms with Crippen LogP contribution in [0.15, 0.2) is 53.5 Å². The van der Waals surface area contributed by atoms with E-state index >= 15 is 0 Å². The zero-order chi connectivity index (χ0) is 37.4. The first-order chi connectivity index (χ1) is 25.4. The Kier molecular flexibility index (Phi) is 10.5. The van der Waals surface area contributed by atoms with Gasteiger partial charge in [0.15, 0.2) is 0 Å². The maximum absolute atomic E-state index is 14.5. The Morgan fingerprint density at radius 1 is 1.02 bits per heavy atom. The van der Waals surface area contributed by atoms with E-state index < -0.39 is 12.8 Å². The SMILES string of the molecule is CN/C=C(\C=N)c1cc(Nc2ncc(Br)c(Nc3ccc4nccnc4c3P(C)(C)=O)n2)c(OC)cc1N1CCC2(CCN(CC3(F)CC3)CC2)CC1. The number of benzene rings is 2. The minimum Gasteiger partial charge on any atom is -0.494 e. The van der Waals surface area contributed by atoms with Crippen molar-refractivity contribution in [1.82, 2.24) is 30.2 Å². The number of halogens is 2. The van der Waals surface area contributed by atoms with E-state index in [2.05, 4.69) is 56.6 Å². The second-order valence-electron chi connectivity index (χ2n) is 14.9. The van der Waals surface area contributed by atoms with E-state index in [1.54, 1.807) is 39.0 Å². The van der Waals surface area contributed by atoms with Crippen molar-refractivity contribution in [3.8, 4) is 5.75 Å². The molecule has 1 saturated carbocycles. The van der Waals surface area contributed by atoms with Crippen LogP contribution in [-0.4, -0.2) is 96.9 Å². The van der Waals surface area contributed by atoms with E-state index in [0.29, 0.717) is 69.1 Å². The Balaban J connectivity index is 1.15. The molecule has 1 spiro atoms. The van der Waals surface area contributed by atoms with Crippen molar-refractivity contribution in [2.24, 2.45) is 5.41 Å². The van der Waals surface area contributed by atoms with Gasteiger partial charge in [-0.25, -0.2) is 9.37 Å². The maximum Gasteiger partial charge on any atom is 0.229 e. The number of nitrogens with zero attached hydrogens (tertiary/aromatic N) is 6. The monoisotopic (exact) mass is 804 g/mol. The fourth-order valence-corrected chi connectivity index (χ4v) is 9.40. The van der Waals surface area contributed by atoms with Gasteiger partial charge in [-0.2, -0.15) is 4.98 Å². The van der Waals surface area contributed by atoms with Crippen molar-refractivity contribution in [3.05, 3.63) is 59.1 Å². The molecule has 4 N–H and O–H groups in total. The number of aromatic nitrogens is 4. The molecule has 2 aliphatic heterocycles. The summed E-state index contributed by atoms with van der Waals surface area (Å²) >= 11 is 3.58. The summed E-state index contributed by atoms with van der Waals surface area (Å²) in [5.41, 5.74) is 4.44. The highest BCUT2D eigenvalue weighted by Gasteiger charge is 2.46. The molecule has 1 aliphatic carbocycles. The van der Waals surface area contributed by atoms with E-state index in [4.69, 9.17) is 15.1 Å². The molecule has 0 amide bonds. The molecule has 3 aliphatic rings. The van der Waals surface area contributed by atoms with Gasteiger partial charge in [0.1, 0.15) is 29.9 Å². The summed E-state index contributed by atoms with van der Waals surface area (Å²) in [6.07, 6.45) is 13.8. The molecule has 0 unspecified atom stereocenters. The highest BCUT2D eigenvalue weighted by Crippen LogP contribution is 2.47. The summed E-state index contributed by atoms with van der Waals surface area (Å²) in [6.45, 7) is 7.73. The molecule has 2 aromatic carbocycles. The Morgan fingerprint density at radius 3 is 2.40 bits per heavy atom. The number of hydrogen-bond donors (Lipinski definition) is 4. The number of fused-ring (bicyclic) bond motifs is 1. The molecular weight excluding hydrogens is 758 g/mol. The van der Waals surface area contributed by atoms with Crippen LogP contribution < -0.4 is 30.9 Å². The van der Waals surface area contributed by atoms with Crippen molar-refractivity contribution < 1.29 is 13.7 Å².